The molecule has 0 bridgehead atoms. The first-order valence-electron chi connectivity index (χ1n) is 17.8. The fraction of sp³-hybridized carbons (Fsp3) is 0. The lowest BCUT2D eigenvalue weighted by atomic mass is 9.96. The van der Waals surface area contributed by atoms with Crippen molar-refractivity contribution >= 4 is 81.6 Å². The molecule has 0 radical (unpaired) electrons. The molecular weight excluding hydrogens is 633 g/mol. The van der Waals surface area contributed by atoms with E-state index in [0.717, 1.165) is 39.2 Å². The monoisotopic (exact) mass is 660 g/mol. The zero-order valence-corrected chi connectivity index (χ0v) is 28.0. The number of rotatable bonds is 3. The molecule has 4 heteroatoms. The summed E-state index contributed by atoms with van der Waals surface area (Å²) < 4.78 is 4.94. The predicted molar refractivity (Wildman–Crippen MR) is 217 cm³/mol. The third-order valence-electron chi connectivity index (χ3n) is 11.0. The molecule has 4 heterocycles. The summed E-state index contributed by atoms with van der Waals surface area (Å²) in [6, 6.07) is 61.1. The van der Waals surface area contributed by atoms with E-state index in [4.69, 9.17) is 9.97 Å². The molecule has 12 aromatic rings. The van der Waals surface area contributed by atoms with Crippen molar-refractivity contribution in [1.29, 1.82) is 0 Å². The minimum atomic E-state index is 0.731. The Morgan fingerprint density at radius 2 is 0.981 bits per heavy atom. The van der Waals surface area contributed by atoms with Crippen LogP contribution in [0.1, 0.15) is 0 Å². The molecule has 0 aliphatic carbocycles. The Kier molecular flexibility index (Phi) is 5.47. The van der Waals surface area contributed by atoms with E-state index in [0.29, 0.717) is 0 Å². The Hall–Kier alpha value is -7.04. The molecule has 0 saturated heterocycles. The summed E-state index contributed by atoms with van der Waals surface area (Å²) in [7, 11) is 0. The highest BCUT2D eigenvalue weighted by molar-refractivity contribution is 6.33. The zero-order chi connectivity index (χ0) is 33.9. The SMILES string of the molecule is c1ccc(-c2nc(-c3ccc(-n4c5ccccc5c5c6cccc7c8cccc9c%10ccccc%10n(c(cc54)c76)c89)cc3)c3ccccc3n2)cc1. The normalized spacial score (nSPS) is 12.2. The molecule has 0 amide bonds. The number of benzene rings is 8. The lowest BCUT2D eigenvalue weighted by Crippen LogP contribution is -1.97. The molecule has 0 fully saturated rings. The molecule has 0 atom stereocenters. The van der Waals surface area contributed by atoms with Crippen LogP contribution in [0.5, 0.6) is 0 Å². The van der Waals surface area contributed by atoms with Crippen LogP contribution in [0.3, 0.4) is 0 Å². The minimum Gasteiger partial charge on any atom is -0.309 e. The van der Waals surface area contributed by atoms with Crippen molar-refractivity contribution in [3.63, 3.8) is 0 Å². The maximum Gasteiger partial charge on any atom is 0.160 e. The average molecular weight is 661 g/mol. The van der Waals surface area contributed by atoms with Crippen LogP contribution >= 0.6 is 0 Å². The molecule has 4 aromatic heterocycles. The molecule has 0 aliphatic heterocycles. The van der Waals surface area contributed by atoms with Gasteiger partial charge in [-0.1, -0.05) is 133 Å². The molecule has 0 aliphatic rings. The lowest BCUT2D eigenvalue weighted by Gasteiger charge is -2.15. The van der Waals surface area contributed by atoms with Crippen LogP contribution in [0.25, 0.3) is 110 Å². The van der Waals surface area contributed by atoms with Gasteiger partial charge in [0.25, 0.3) is 0 Å². The van der Waals surface area contributed by atoms with Gasteiger partial charge >= 0.3 is 0 Å². The zero-order valence-electron chi connectivity index (χ0n) is 28.0. The van der Waals surface area contributed by atoms with Crippen molar-refractivity contribution < 1.29 is 0 Å². The van der Waals surface area contributed by atoms with Crippen molar-refractivity contribution in [1.82, 2.24) is 18.9 Å². The van der Waals surface area contributed by atoms with Gasteiger partial charge in [-0.15, -0.1) is 0 Å². The molecule has 0 N–H and O–H groups in total. The molecular formula is C48H28N4. The fourth-order valence-electron chi connectivity index (χ4n) is 8.86. The first kappa shape index (κ1) is 27.7. The Labute approximate surface area is 297 Å². The minimum absolute atomic E-state index is 0.731. The largest absolute Gasteiger partial charge is 0.309 e. The fourth-order valence-corrected chi connectivity index (χ4v) is 8.86. The van der Waals surface area contributed by atoms with Gasteiger partial charge in [0.2, 0.25) is 0 Å². The van der Waals surface area contributed by atoms with Crippen LogP contribution in [0.2, 0.25) is 0 Å². The number of hydrogen-bond donors (Lipinski definition) is 0. The number of aromatic nitrogens is 4. The van der Waals surface area contributed by atoms with Crippen LogP contribution in [0, 0.1) is 0 Å². The first-order chi connectivity index (χ1) is 25.8. The van der Waals surface area contributed by atoms with Crippen molar-refractivity contribution in [2.24, 2.45) is 0 Å². The van der Waals surface area contributed by atoms with Crippen LogP contribution in [0.4, 0.5) is 0 Å². The maximum absolute atomic E-state index is 5.14. The number of nitrogens with zero attached hydrogens (tertiary/aromatic N) is 4. The molecule has 12 rings (SSSR count). The summed E-state index contributed by atoms with van der Waals surface area (Å²) in [4.78, 5) is 10.1. The molecule has 4 nitrogen and oxygen atoms in total. The van der Waals surface area contributed by atoms with Crippen LogP contribution in [-0.2, 0) is 0 Å². The summed E-state index contributed by atoms with van der Waals surface area (Å²) in [5, 5.41) is 11.3. The van der Waals surface area contributed by atoms with Gasteiger partial charge in [-0.25, -0.2) is 9.97 Å². The molecule has 8 aromatic carbocycles. The second-order valence-electron chi connectivity index (χ2n) is 13.8. The van der Waals surface area contributed by atoms with Gasteiger partial charge < -0.3 is 8.97 Å². The number of hydrogen-bond acceptors (Lipinski definition) is 2. The van der Waals surface area contributed by atoms with Gasteiger partial charge in [0, 0.05) is 54.5 Å². The van der Waals surface area contributed by atoms with Gasteiger partial charge in [0.1, 0.15) is 0 Å². The summed E-state index contributed by atoms with van der Waals surface area (Å²) in [6.45, 7) is 0. The van der Waals surface area contributed by atoms with Crippen LogP contribution in [0.15, 0.2) is 170 Å². The third-order valence-corrected chi connectivity index (χ3v) is 11.0. The van der Waals surface area contributed by atoms with Gasteiger partial charge in [-0.05, 0) is 47.2 Å². The van der Waals surface area contributed by atoms with Crippen molar-refractivity contribution in [3.8, 4) is 28.3 Å². The number of pyridine rings is 1. The summed E-state index contributed by atoms with van der Waals surface area (Å²) >= 11 is 0. The highest BCUT2D eigenvalue weighted by Gasteiger charge is 2.22. The van der Waals surface area contributed by atoms with Crippen LogP contribution < -0.4 is 0 Å². The van der Waals surface area contributed by atoms with Crippen molar-refractivity contribution in [3.05, 3.63) is 170 Å². The Balaban J connectivity index is 1.15. The standard InChI is InChI=1S/C48H28N4/c1-2-12-30(13-3-1)48-49-39-21-7-4-15-36(39)46(50-48)29-24-26-31(27-25-29)51-41-23-9-6-16-37(41)45-38-20-10-17-33-35-19-11-18-34-32-14-5-8-22-40(32)52(47(34)35)43(44(33)38)28-42(45)51/h1-28H. The molecule has 0 saturated carbocycles. The Bertz CT molecular complexity index is 3390. The van der Waals surface area contributed by atoms with E-state index in [1.165, 1.54) is 70.7 Å². The second-order valence-corrected chi connectivity index (χ2v) is 13.8. The molecule has 0 unspecified atom stereocenters. The molecule has 240 valence electrons. The van der Waals surface area contributed by atoms with Gasteiger partial charge in [0.05, 0.1) is 38.8 Å². The van der Waals surface area contributed by atoms with E-state index >= 15 is 0 Å². The van der Waals surface area contributed by atoms with Crippen LogP contribution in [-0.4, -0.2) is 18.9 Å². The third kappa shape index (κ3) is 3.65. The summed E-state index contributed by atoms with van der Waals surface area (Å²) in [6.07, 6.45) is 0. The molecule has 52 heavy (non-hydrogen) atoms. The Morgan fingerprint density at radius 3 is 1.81 bits per heavy atom. The Morgan fingerprint density at radius 1 is 0.365 bits per heavy atom. The van der Waals surface area contributed by atoms with E-state index in [2.05, 4.69) is 155 Å². The summed E-state index contributed by atoms with van der Waals surface area (Å²) in [5.41, 5.74) is 11.2. The maximum atomic E-state index is 5.14. The van der Waals surface area contributed by atoms with Gasteiger partial charge in [-0.3, -0.25) is 0 Å². The average Bonchev–Trinajstić information content (AvgIpc) is 3.73. The van der Waals surface area contributed by atoms with Crippen molar-refractivity contribution in [2.45, 2.75) is 0 Å². The number of para-hydroxylation sites is 4. The quantitative estimate of drug-likeness (QED) is 0.140. The van der Waals surface area contributed by atoms with E-state index < -0.39 is 0 Å². The van der Waals surface area contributed by atoms with Crippen molar-refractivity contribution in [2.75, 3.05) is 0 Å². The second kappa shape index (κ2) is 10.3. The first-order valence-corrected chi connectivity index (χ1v) is 17.8. The van der Waals surface area contributed by atoms with Gasteiger partial charge in [0.15, 0.2) is 5.82 Å². The van der Waals surface area contributed by atoms with E-state index in [9.17, 15) is 0 Å². The van der Waals surface area contributed by atoms with E-state index in [-0.39, 0.29) is 0 Å². The molecule has 0 spiro atoms. The number of fused-ring (bicyclic) bond motifs is 10. The highest BCUT2D eigenvalue weighted by Crippen LogP contribution is 2.45. The van der Waals surface area contributed by atoms with E-state index in [1.807, 2.05) is 24.3 Å². The van der Waals surface area contributed by atoms with E-state index in [1.54, 1.807) is 0 Å². The smallest absolute Gasteiger partial charge is 0.160 e. The summed E-state index contributed by atoms with van der Waals surface area (Å²) in [5.74, 6) is 0.731. The topological polar surface area (TPSA) is 35.1 Å². The highest BCUT2D eigenvalue weighted by atomic mass is 15.0. The lowest BCUT2D eigenvalue weighted by molar-refractivity contribution is 1.18. The van der Waals surface area contributed by atoms with Gasteiger partial charge in [-0.2, -0.15) is 0 Å². The predicted octanol–water partition coefficient (Wildman–Crippen LogP) is 12.4.